The molecule has 1 saturated heterocycles. The van der Waals surface area contributed by atoms with Crippen molar-refractivity contribution in [3.05, 3.63) is 35.1 Å². The van der Waals surface area contributed by atoms with Gasteiger partial charge in [-0.3, -0.25) is 4.90 Å². The Morgan fingerprint density at radius 3 is 2.09 bits per heavy atom. The van der Waals surface area contributed by atoms with Crippen molar-refractivity contribution in [1.29, 1.82) is 0 Å². The van der Waals surface area contributed by atoms with Crippen LogP contribution in [0.15, 0.2) is 12.1 Å². The van der Waals surface area contributed by atoms with Crippen LogP contribution in [0.2, 0.25) is 0 Å². The third-order valence-electron chi connectivity index (χ3n) is 4.98. The highest BCUT2D eigenvalue weighted by Crippen LogP contribution is 2.40. The maximum Gasteiger partial charge on any atom is 0.133 e. The quantitative estimate of drug-likeness (QED) is 0.886. The van der Waals surface area contributed by atoms with Crippen molar-refractivity contribution < 1.29 is 13.2 Å². The lowest BCUT2D eigenvalue weighted by Gasteiger charge is -2.41. The molecule has 0 aromatic heterocycles. The number of nitrogens with one attached hydrogen (secondary N) is 1. The third-order valence-corrected chi connectivity index (χ3v) is 4.98. The topological polar surface area (TPSA) is 15.3 Å². The lowest BCUT2D eigenvalue weighted by molar-refractivity contribution is 0.0975. The fourth-order valence-electron chi connectivity index (χ4n) is 3.96. The maximum atomic E-state index is 14.3. The molecular formula is C17H24ClF3N2. The average Bonchev–Trinajstić information content (AvgIpc) is 2.52. The van der Waals surface area contributed by atoms with E-state index in [-0.39, 0.29) is 29.9 Å². The molecule has 2 aliphatic rings. The van der Waals surface area contributed by atoms with Crippen LogP contribution in [0.25, 0.3) is 0 Å². The second-order valence-corrected chi connectivity index (χ2v) is 6.41. The summed E-state index contributed by atoms with van der Waals surface area (Å²) in [6.45, 7) is 3.20. The number of piperazine rings is 1. The van der Waals surface area contributed by atoms with E-state index in [4.69, 9.17) is 0 Å². The Kier molecular flexibility index (Phi) is 6.74. The molecular weight excluding hydrogens is 325 g/mol. The monoisotopic (exact) mass is 348 g/mol. The molecule has 2 nitrogen and oxygen atoms in total. The first-order valence-corrected chi connectivity index (χ1v) is 8.26. The second kappa shape index (κ2) is 8.36. The van der Waals surface area contributed by atoms with Crippen molar-refractivity contribution in [2.75, 3.05) is 26.2 Å². The molecule has 3 rings (SSSR count). The Balaban J connectivity index is 0.00000192. The van der Waals surface area contributed by atoms with Crippen LogP contribution in [0, 0.1) is 23.4 Å². The van der Waals surface area contributed by atoms with E-state index >= 15 is 0 Å². The molecule has 1 aromatic rings. The zero-order valence-electron chi connectivity index (χ0n) is 13.2. The molecule has 2 fully saturated rings. The Morgan fingerprint density at radius 1 is 0.957 bits per heavy atom. The van der Waals surface area contributed by atoms with E-state index in [0.717, 1.165) is 64.0 Å². The summed E-state index contributed by atoms with van der Waals surface area (Å²) in [4.78, 5) is 2.17. The van der Waals surface area contributed by atoms with E-state index in [9.17, 15) is 13.2 Å². The largest absolute Gasteiger partial charge is 0.314 e. The summed E-state index contributed by atoms with van der Waals surface area (Å²) in [5.41, 5.74) is 0.0650. The van der Waals surface area contributed by atoms with E-state index in [1.807, 2.05) is 0 Å². The summed E-state index contributed by atoms with van der Waals surface area (Å²) in [6.07, 6.45) is 5.39. The summed E-state index contributed by atoms with van der Waals surface area (Å²) in [6, 6.07) is 1.36. The molecule has 0 bridgehead atoms. The Labute approximate surface area is 141 Å². The van der Waals surface area contributed by atoms with E-state index in [2.05, 4.69) is 10.2 Å². The number of hydrogen-bond acceptors (Lipinski definition) is 2. The Bertz CT molecular complexity index is 474. The van der Waals surface area contributed by atoms with Crippen LogP contribution in [0.5, 0.6) is 0 Å². The molecule has 0 amide bonds. The SMILES string of the molecule is Cl.Fc1cc(F)c([C@@H](C2CCCCC2)N2CCNCC2)c(F)c1. The van der Waals surface area contributed by atoms with Gasteiger partial charge in [-0.1, -0.05) is 19.3 Å². The highest BCUT2D eigenvalue weighted by Gasteiger charge is 2.34. The van der Waals surface area contributed by atoms with Crippen LogP contribution in [0.4, 0.5) is 13.2 Å². The van der Waals surface area contributed by atoms with E-state index < -0.39 is 17.5 Å². The average molecular weight is 349 g/mol. The zero-order valence-corrected chi connectivity index (χ0v) is 14.0. The van der Waals surface area contributed by atoms with Gasteiger partial charge in [0.15, 0.2) is 0 Å². The first-order valence-electron chi connectivity index (χ1n) is 8.26. The smallest absolute Gasteiger partial charge is 0.133 e. The first-order chi connectivity index (χ1) is 10.7. The van der Waals surface area contributed by atoms with Crippen LogP contribution in [0.3, 0.4) is 0 Å². The number of hydrogen-bond donors (Lipinski definition) is 1. The van der Waals surface area contributed by atoms with Crippen molar-refractivity contribution in [3.63, 3.8) is 0 Å². The third kappa shape index (κ3) is 4.20. The van der Waals surface area contributed by atoms with Crippen molar-refractivity contribution in [3.8, 4) is 0 Å². The molecule has 1 atom stereocenters. The predicted molar refractivity (Wildman–Crippen MR) is 87.3 cm³/mol. The number of halogens is 4. The van der Waals surface area contributed by atoms with E-state index in [0.29, 0.717) is 0 Å². The highest BCUT2D eigenvalue weighted by molar-refractivity contribution is 5.85. The molecule has 1 aliphatic carbocycles. The molecule has 1 heterocycles. The van der Waals surface area contributed by atoms with Gasteiger partial charge < -0.3 is 5.32 Å². The maximum absolute atomic E-state index is 14.3. The summed E-state index contributed by atoms with van der Waals surface area (Å²) in [7, 11) is 0. The standard InChI is InChI=1S/C17H23F3N2.ClH/c18-13-10-14(19)16(15(20)11-13)17(12-4-2-1-3-5-12)22-8-6-21-7-9-22;/h10-12,17,21H,1-9H2;1H/t17-;/m1./s1. The van der Waals surface area contributed by atoms with Crippen molar-refractivity contribution >= 4 is 12.4 Å². The summed E-state index contributed by atoms with van der Waals surface area (Å²) in [5, 5.41) is 3.27. The minimum Gasteiger partial charge on any atom is -0.314 e. The number of benzene rings is 1. The molecule has 1 aliphatic heterocycles. The molecule has 1 N–H and O–H groups in total. The van der Waals surface area contributed by atoms with Crippen LogP contribution >= 0.6 is 12.4 Å². The molecule has 130 valence electrons. The lowest BCUT2D eigenvalue weighted by atomic mass is 9.79. The fraction of sp³-hybridized carbons (Fsp3) is 0.647. The Hall–Kier alpha value is -0.780. The van der Waals surface area contributed by atoms with Gasteiger partial charge >= 0.3 is 0 Å². The van der Waals surface area contributed by atoms with Gasteiger partial charge in [-0.25, -0.2) is 13.2 Å². The molecule has 1 aromatic carbocycles. The normalized spacial score (nSPS) is 21.7. The molecule has 1 saturated carbocycles. The van der Waals surface area contributed by atoms with Gasteiger partial charge in [0.05, 0.1) is 0 Å². The van der Waals surface area contributed by atoms with Crippen LogP contribution in [-0.4, -0.2) is 31.1 Å². The summed E-state index contributed by atoms with van der Waals surface area (Å²) >= 11 is 0. The van der Waals surface area contributed by atoms with Crippen LogP contribution in [0.1, 0.15) is 43.7 Å². The first kappa shape index (κ1) is 18.6. The van der Waals surface area contributed by atoms with Crippen LogP contribution in [-0.2, 0) is 0 Å². The van der Waals surface area contributed by atoms with Gasteiger partial charge in [0, 0.05) is 49.9 Å². The fourth-order valence-corrected chi connectivity index (χ4v) is 3.96. The molecule has 6 heteroatoms. The zero-order chi connectivity index (χ0) is 15.5. The van der Waals surface area contributed by atoms with Crippen molar-refractivity contribution in [1.82, 2.24) is 10.2 Å². The molecule has 0 unspecified atom stereocenters. The summed E-state index contributed by atoms with van der Waals surface area (Å²) < 4.78 is 42.0. The van der Waals surface area contributed by atoms with Gasteiger partial charge in [-0.15, -0.1) is 12.4 Å². The second-order valence-electron chi connectivity index (χ2n) is 6.41. The van der Waals surface area contributed by atoms with E-state index in [1.165, 1.54) is 6.42 Å². The van der Waals surface area contributed by atoms with Gasteiger partial charge in [-0.05, 0) is 18.8 Å². The minimum absolute atomic E-state index is 0. The summed E-state index contributed by atoms with van der Waals surface area (Å²) in [5.74, 6) is -2.08. The minimum atomic E-state index is -0.846. The number of nitrogens with zero attached hydrogens (tertiary/aromatic N) is 1. The number of rotatable bonds is 3. The highest BCUT2D eigenvalue weighted by atomic mass is 35.5. The lowest BCUT2D eigenvalue weighted by Crippen LogP contribution is -2.47. The predicted octanol–water partition coefficient (Wildman–Crippen LogP) is 4.05. The van der Waals surface area contributed by atoms with Gasteiger partial charge in [0.1, 0.15) is 17.5 Å². The van der Waals surface area contributed by atoms with E-state index in [1.54, 1.807) is 0 Å². The van der Waals surface area contributed by atoms with Crippen molar-refractivity contribution in [2.45, 2.75) is 38.1 Å². The van der Waals surface area contributed by atoms with Gasteiger partial charge in [-0.2, -0.15) is 0 Å². The van der Waals surface area contributed by atoms with Gasteiger partial charge in [0.2, 0.25) is 0 Å². The van der Waals surface area contributed by atoms with Gasteiger partial charge in [0.25, 0.3) is 0 Å². The Morgan fingerprint density at radius 2 is 1.52 bits per heavy atom. The van der Waals surface area contributed by atoms with Crippen LogP contribution < -0.4 is 5.32 Å². The molecule has 0 spiro atoms. The molecule has 23 heavy (non-hydrogen) atoms. The van der Waals surface area contributed by atoms with Crippen molar-refractivity contribution in [2.24, 2.45) is 5.92 Å². The molecule has 0 radical (unpaired) electrons.